The number of carbonyl (C=O) groups is 3. The number of halogens is 2. The molecule has 0 saturated carbocycles. The van der Waals surface area contributed by atoms with E-state index >= 15 is 0 Å². The first-order valence-electron chi connectivity index (χ1n) is 11.3. The average molecular weight is 495 g/mol. The maximum atomic E-state index is 14.1. The Kier molecular flexibility index (Phi) is 6.92. The highest BCUT2D eigenvalue weighted by molar-refractivity contribution is 6.35. The number of amides is 2. The second kappa shape index (κ2) is 9.92. The van der Waals surface area contributed by atoms with Gasteiger partial charge in [-0.15, -0.1) is 0 Å². The van der Waals surface area contributed by atoms with Crippen molar-refractivity contribution in [3.63, 3.8) is 0 Å². The standard InChI is InChI=1S/C25H24BF2N3O5/c1-14-19(13-22(25(34)35)30-23(32)10-11-24(30)33)15(2)31(26(27)28)21(14)12-17-6-9-20(29-17)16-4-7-18(36-3)8-5-16/h4-9,12,22H,10-11,13H2,1-3H3,(H,34,35). The van der Waals surface area contributed by atoms with Crippen molar-refractivity contribution in [2.75, 3.05) is 7.11 Å². The molecule has 1 N–H and O–H groups in total. The molecule has 2 aliphatic heterocycles. The van der Waals surface area contributed by atoms with Crippen LogP contribution >= 0.6 is 0 Å². The van der Waals surface area contributed by atoms with E-state index in [1.807, 2.05) is 30.3 Å². The van der Waals surface area contributed by atoms with Crippen LogP contribution in [0.4, 0.5) is 8.63 Å². The van der Waals surface area contributed by atoms with E-state index in [9.17, 15) is 28.1 Å². The molecular weight excluding hydrogens is 471 g/mol. The molecule has 36 heavy (non-hydrogen) atoms. The zero-order valence-corrected chi connectivity index (χ0v) is 20.0. The third-order valence-corrected chi connectivity index (χ3v) is 6.56. The van der Waals surface area contributed by atoms with E-state index < -0.39 is 31.2 Å². The molecule has 2 aromatic rings. The fourth-order valence-electron chi connectivity index (χ4n) is 4.66. The lowest BCUT2D eigenvalue weighted by molar-refractivity contribution is -0.342. The van der Waals surface area contributed by atoms with Crippen molar-refractivity contribution < 1.29 is 37.3 Å². The van der Waals surface area contributed by atoms with E-state index in [-0.39, 0.29) is 30.7 Å². The molecule has 1 saturated heterocycles. The number of carboxylic acids is 1. The van der Waals surface area contributed by atoms with Crippen LogP contribution in [0.2, 0.25) is 0 Å². The van der Waals surface area contributed by atoms with Crippen LogP contribution < -0.4 is 9.84 Å². The minimum absolute atomic E-state index is 0.0823. The lowest BCUT2D eigenvalue weighted by atomic mass is 9.97. The molecule has 1 aromatic heterocycles. The first-order valence-corrected chi connectivity index (χ1v) is 11.3. The average Bonchev–Trinajstić information content (AvgIpc) is 3.50. The van der Waals surface area contributed by atoms with Gasteiger partial charge in [0.2, 0.25) is 11.8 Å². The first-order chi connectivity index (χ1) is 17.1. The summed E-state index contributed by atoms with van der Waals surface area (Å²) in [5, 5.41) is 11.9. The van der Waals surface area contributed by atoms with E-state index in [2.05, 4.69) is 4.98 Å². The number of aliphatic carboxylic acids is 1. The summed E-state index contributed by atoms with van der Waals surface area (Å²) >= 11 is 0. The fraction of sp³-hybridized carbons (Fsp3) is 0.280. The van der Waals surface area contributed by atoms with Gasteiger partial charge in [0.25, 0.3) is 0 Å². The van der Waals surface area contributed by atoms with Crippen molar-refractivity contribution in [1.82, 2.24) is 9.88 Å². The molecular formula is C25H24BF2N3O5. The van der Waals surface area contributed by atoms with Gasteiger partial charge in [-0.2, -0.15) is 0 Å². The van der Waals surface area contributed by atoms with Crippen LogP contribution in [-0.4, -0.2) is 58.4 Å². The summed E-state index contributed by atoms with van der Waals surface area (Å²) in [6.07, 6.45) is 1.08. The second-order valence-electron chi connectivity index (χ2n) is 8.62. The smallest absolute Gasteiger partial charge is 0.548 e. The Bertz CT molecular complexity index is 1310. The fourth-order valence-corrected chi connectivity index (χ4v) is 4.66. The van der Waals surface area contributed by atoms with Gasteiger partial charge in [0.05, 0.1) is 19.1 Å². The number of imide groups is 1. The van der Waals surface area contributed by atoms with Crippen LogP contribution in [0, 0.1) is 0 Å². The normalized spacial score (nSPS) is 18.0. The number of ether oxygens (including phenoxy) is 1. The molecule has 1 fully saturated rings. The maximum Gasteiger partial charge on any atom is 0.934 e. The van der Waals surface area contributed by atoms with Crippen LogP contribution in [0.25, 0.3) is 17.3 Å². The van der Waals surface area contributed by atoms with Crippen molar-refractivity contribution in [1.29, 1.82) is 0 Å². The molecule has 8 nitrogen and oxygen atoms in total. The number of H-pyrrole nitrogens is 1. The minimum atomic E-state index is -2.89. The number of allylic oxidation sites excluding steroid dienone is 1. The van der Waals surface area contributed by atoms with Crippen LogP contribution in [0.15, 0.2) is 53.2 Å². The van der Waals surface area contributed by atoms with E-state index in [0.29, 0.717) is 27.5 Å². The van der Waals surface area contributed by atoms with Crippen molar-refractivity contribution >= 4 is 37.0 Å². The van der Waals surface area contributed by atoms with Gasteiger partial charge >= 0.3 is 7.40 Å². The van der Waals surface area contributed by atoms with Gasteiger partial charge in [-0.3, -0.25) is 14.5 Å². The summed E-state index contributed by atoms with van der Waals surface area (Å²) < 4.78 is 34.2. The third-order valence-electron chi connectivity index (χ3n) is 6.56. The first kappa shape index (κ1) is 25.1. The molecule has 0 aliphatic carbocycles. The lowest BCUT2D eigenvalue weighted by Crippen LogP contribution is -2.50. The Morgan fingerprint density at radius 1 is 1.17 bits per heavy atom. The second-order valence-corrected chi connectivity index (χ2v) is 8.62. The Morgan fingerprint density at radius 3 is 2.36 bits per heavy atom. The van der Waals surface area contributed by atoms with Crippen LogP contribution in [0.3, 0.4) is 0 Å². The number of hydrogen-bond donors (Lipinski definition) is 1. The monoisotopic (exact) mass is 495 g/mol. The van der Waals surface area contributed by atoms with Crippen LogP contribution in [-0.2, 0) is 14.4 Å². The summed E-state index contributed by atoms with van der Waals surface area (Å²) in [5.41, 5.74) is 3.32. The number of carboxylic acid groups (broad SMARTS) is 1. The molecule has 2 amide bonds. The van der Waals surface area contributed by atoms with E-state index in [1.165, 1.54) is 6.92 Å². The number of carbonyl (C=O) groups excluding carboxylic acids is 3. The Labute approximate surface area is 206 Å². The molecule has 0 spiro atoms. The molecule has 3 heterocycles. The van der Waals surface area contributed by atoms with Gasteiger partial charge in [0.1, 0.15) is 5.75 Å². The van der Waals surface area contributed by atoms with Crippen molar-refractivity contribution in [3.8, 4) is 17.0 Å². The molecule has 11 heteroatoms. The summed E-state index contributed by atoms with van der Waals surface area (Å²) in [6.45, 7) is 3.07. The Balaban J connectivity index is 1.69. The van der Waals surface area contributed by atoms with Gasteiger partial charge in [-0.05, 0) is 48.9 Å². The predicted octanol–water partition coefficient (Wildman–Crippen LogP) is 2.42. The quantitative estimate of drug-likeness (QED) is 0.448. The van der Waals surface area contributed by atoms with Gasteiger partial charge in [0, 0.05) is 54.8 Å². The summed E-state index contributed by atoms with van der Waals surface area (Å²) in [4.78, 5) is 40.0. The minimum Gasteiger partial charge on any atom is -0.548 e. The molecule has 1 atom stereocenters. The van der Waals surface area contributed by atoms with Gasteiger partial charge in [0.15, 0.2) is 11.4 Å². The number of rotatable bonds is 8. The SMILES string of the molecule is COc1ccc(-c2ccc(/C=C3/C(C)=C(CC(C(=O)[O-])N4C(=O)CCC4=O)C(C)=[N+]3B(F)F)[nH]2)cc1. The number of nitrogens with zero attached hydrogens (tertiary/aromatic N) is 2. The Hall–Kier alpha value is -4.02. The van der Waals surface area contributed by atoms with Gasteiger partial charge in [-0.1, -0.05) is 0 Å². The van der Waals surface area contributed by atoms with Crippen molar-refractivity contribution in [2.45, 2.75) is 39.2 Å². The van der Waals surface area contributed by atoms with E-state index in [4.69, 9.17) is 4.74 Å². The van der Waals surface area contributed by atoms with Crippen molar-refractivity contribution in [2.24, 2.45) is 0 Å². The lowest BCUT2D eigenvalue weighted by Gasteiger charge is -2.27. The molecule has 0 bridgehead atoms. The number of nitrogens with one attached hydrogen (secondary N) is 1. The zero-order valence-electron chi connectivity index (χ0n) is 20.0. The maximum absolute atomic E-state index is 14.1. The highest BCUT2D eigenvalue weighted by Gasteiger charge is 2.46. The molecule has 1 unspecified atom stereocenters. The number of hydrogen-bond acceptors (Lipinski definition) is 5. The van der Waals surface area contributed by atoms with Gasteiger partial charge < -0.3 is 19.6 Å². The molecule has 0 radical (unpaired) electrons. The number of aromatic nitrogens is 1. The number of methoxy groups -OCH3 is 1. The van der Waals surface area contributed by atoms with E-state index in [0.717, 1.165) is 15.7 Å². The topological polar surface area (TPSA) is 106 Å². The zero-order chi connectivity index (χ0) is 26.1. The predicted molar refractivity (Wildman–Crippen MR) is 127 cm³/mol. The summed E-state index contributed by atoms with van der Waals surface area (Å²) in [6, 6.07) is 9.36. The number of likely N-dealkylation sites (tertiary alicyclic amines) is 1. The van der Waals surface area contributed by atoms with Gasteiger partial charge in [-0.25, -0.2) is 13.1 Å². The largest absolute Gasteiger partial charge is 0.934 e. The van der Waals surface area contributed by atoms with Crippen molar-refractivity contribution in [3.05, 3.63) is 58.9 Å². The van der Waals surface area contributed by atoms with E-state index in [1.54, 1.807) is 26.2 Å². The third kappa shape index (κ3) is 4.60. The highest BCUT2D eigenvalue weighted by atomic mass is 19.2. The number of benzene rings is 1. The summed E-state index contributed by atoms with van der Waals surface area (Å²) in [7, 11) is -1.32. The van der Waals surface area contributed by atoms with Crippen LogP contribution in [0.5, 0.6) is 5.75 Å². The molecule has 2 aliphatic rings. The molecule has 1 aromatic carbocycles. The molecule has 186 valence electrons. The van der Waals surface area contributed by atoms with Crippen LogP contribution in [0.1, 0.15) is 38.8 Å². The molecule has 4 rings (SSSR count). The number of aromatic amines is 1. The Morgan fingerprint density at radius 2 is 1.81 bits per heavy atom. The highest BCUT2D eigenvalue weighted by Crippen LogP contribution is 2.33. The summed E-state index contributed by atoms with van der Waals surface area (Å²) in [5.74, 6) is -2.12.